The van der Waals surface area contributed by atoms with E-state index in [1.807, 2.05) is 6.92 Å². The van der Waals surface area contributed by atoms with Gasteiger partial charge in [-0.15, -0.1) is 0 Å². The molecule has 0 saturated heterocycles. The predicted molar refractivity (Wildman–Crippen MR) is 46.1 cm³/mol. The van der Waals surface area contributed by atoms with Crippen molar-refractivity contribution in [3.8, 4) is 0 Å². The van der Waals surface area contributed by atoms with Gasteiger partial charge in [0.05, 0.1) is 18.3 Å². The van der Waals surface area contributed by atoms with E-state index in [9.17, 15) is 9.00 Å². The highest BCUT2D eigenvalue weighted by atomic mass is 32.2. The minimum Gasteiger partial charge on any atom is -0.466 e. The van der Waals surface area contributed by atoms with Gasteiger partial charge in [0.15, 0.2) is 11.1 Å². The maximum Gasteiger partial charge on any atom is 0.307 e. The number of carbonyl (C=O) groups excluding carboxylic acids is 1. The zero-order valence-corrected chi connectivity index (χ0v) is 8.10. The molecule has 0 aromatic heterocycles. The Morgan fingerprint density at radius 1 is 1.67 bits per heavy atom. The van der Waals surface area contributed by atoms with Gasteiger partial charge in [0.25, 0.3) is 0 Å². The highest BCUT2D eigenvalue weighted by molar-refractivity contribution is 7.79. The minimum absolute atomic E-state index is 0.00309. The van der Waals surface area contributed by atoms with Gasteiger partial charge in [0, 0.05) is 0 Å². The second-order valence-corrected chi connectivity index (χ2v) is 3.87. The van der Waals surface area contributed by atoms with E-state index in [4.69, 9.17) is 9.29 Å². The summed E-state index contributed by atoms with van der Waals surface area (Å²) < 4.78 is 23.7. The van der Waals surface area contributed by atoms with Crippen molar-refractivity contribution in [1.82, 2.24) is 0 Å². The Morgan fingerprint density at radius 3 is 2.67 bits per heavy atom. The second-order valence-electron chi connectivity index (χ2n) is 2.51. The molecular weight excluding hydrogens is 180 g/mol. The molecule has 0 bridgehead atoms. The Hall–Kier alpha value is -0.420. The van der Waals surface area contributed by atoms with Crippen LogP contribution in [0.1, 0.15) is 26.7 Å². The molecule has 0 aliphatic rings. The van der Waals surface area contributed by atoms with Crippen LogP contribution in [0.3, 0.4) is 0 Å². The third kappa shape index (κ3) is 5.26. The lowest BCUT2D eigenvalue weighted by atomic mass is 10.3. The summed E-state index contributed by atoms with van der Waals surface area (Å²) in [5, 5.41) is -0.547. The van der Waals surface area contributed by atoms with Crippen LogP contribution in [-0.4, -0.2) is 26.6 Å². The van der Waals surface area contributed by atoms with Gasteiger partial charge in [0.2, 0.25) is 0 Å². The van der Waals surface area contributed by atoms with E-state index in [1.165, 1.54) is 6.92 Å². The number of hydrogen-bond donors (Lipinski definition) is 1. The zero-order chi connectivity index (χ0) is 9.56. The van der Waals surface area contributed by atoms with Crippen molar-refractivity contribution in [3.63, 3.8) is 0 Å². The lowest BCUT2D eigenvalue weighted by molar-refractivity contribution is -0.143. The van der Waals surface area contributed by atoms with Gasteiger partial charge in [-0.05, 0) is 13.3 Å². The summed E-state index contributed by atoms with van der Waals surface area (Å²) in [5.74, 6) is -0.410. The Morgan fingerprint density at radius 2 is 2.25 bits per heavy atom. The van der Waals surface area contributed by atoms with E-state index < -0.39 is 22.3 Å². The molecule has 0 aliphatic heterocycles. The van der Waals surface area contributed by atoms with E-state index in [0.717, 1.165) is 6.42 Å². The molecule has 4 nitrogen and oxygen atoms in total. The molecule has 0 aromatic carbocycles. The van der Waals surface area contributed by atoms with Crippen LogP contribution in [0.25, 0.3) is 0 Å². The fraction of sp³-hybridized carbons (Fsp3) is 0.857. The quantitative estimate of drug-likeness (QED) is 0.522. The van der Waals surface area contributed by atoms with Gasteiger partial charge in [0.1, 0.15) is 0 Å². The Kier molecular flexibility index (Phi) is 5.92. The number of hydrogen-bond acceptors (Lipinski definition) is 3. The average Bonchev–Trinajstić information content (AvgIpc) is 2.00. The first-order valence-corrected chi connectivity index (χ1v) is 5.00. The molecule has 0 saturated carbocycles. The highest BCUT2D eigenvalue weighted by Gasteiger charge is 2.14. The normalized spacial score (nSPS) is 15.2. The van der Waals surface area contributed by atoms with Gasteiger partial charge in [-0.25, -0.2) is 4.21 Å². The van der Waals surface area contributed by atoms with Gasteiger partial charge in [-0.1, -0.05) is 6.92 Å². The van der Waals surface area contributed by atoms with E-state index in [1.54, 1.807) is 0 Å². The molecule has 0 amide bonds. The monoisotopic (exact) mass is 194 g/mol. The maximum atomic E-state index is 10.8. The topological polar surface area (TPSA) is 63.6 Å². The van der Waals surface area contributed by atoms with Gasteiger partial charge in [-0.3, -0.25) is 4.79 Å². The Balaban J connectivity index is 3.61. The summed E-state index contributed by atoms with van der Waals surface area (Å²) in [6.07, 6.45) is 0.769. The first-order valence-electron chi connectivity index (χ1n) is 3.83. The number of carbonyl (C=O) groups is 1. The lowest BCUT2D eigenvalue weighted by Gasteiger charge is -2.05. The summed E-state index contributed by atoms with van der Waals surface area (Å²) in [6.45, 7) is 3.80. The molecule has 2 unspecified atom stereocenters. The van der Waals surface area contributed by atoms with Crippen LogP contribution in [0.15, 0.2) is 0 Å². The molecule has 0 radical (unpaired) electrons. The number of rotatable bonds is 5. The van der Waals surface area contributed by atoms with Crippen LogP contribution in [0.5, 0.6) is 0 Å². The molecule has 0 fully saturated rings. The summed E-state index contributed by atoms with van der Waals surface area (Å²) in [7, 11) is 0. The third-order valence-electron chi connectivity index (χ3n) is 1.27. The molecule has 72 valence electrons. The Bertz CT molecular complexity index is 169. The highest BCUT2D eigenvalue weighted by Crippen LogP contribution is 2.00. The standard InChI is InChI=1S/C7H14O4S/c1-3-4-11-7(8)5-6(2)12(9)10/h6H,3-5H2,1-2H3,(H,9,10). The maximum absolute atomic E-state index is 10.8. The van der Waals surface area contributed by atoms with Gasteiger partial charge in [-0.2, -0.15) is 0 Å². The van der Waals surface area contributed by atoms with Crippen molar-refractivity contribution in [2.45, 2.75) is 31.9 Å². The zero-order valence-electron chi connectivity index (χ0n) is 7.28. The first-order chi connectivity index (χ1) is 5.57. The minimum atomic E-state index is -1.94. The van der Waals surface area contributed by atoms with Crippen molar-refractivity contribution in [3.05, 3.63) is 0 Å². The fourth-order valence-electron chi connectivity index (χ4n) is 0.581. The van der Waals surface area contributed by atoms with Crippen LogP contribution < -0.4 is 0 Å². The van der Waals surface area contributed by atoms with E-state index >= 15 is 0 Å². The predicted octanol–water partition coefficient (Wildman–Crippen LogP) is 0.940. The van der Waals surface area contributed by atoms with Crippen LogP contribution in [-0.2, 0) is 20.6 Å². The number of esters is 1. The molecule has 12 heavy (non-hydrogen) atoms. The molecule has 0 aliphatic carbocycles. The molecular formula is C7H14O4S. The smallest absolute Gasteiger partial charge is 0.307 e. The summed E-state index contributed by atoms with van der Waals surface area (Å²) in [5.41, 5.74) is 0. The van der Waals surface area contributed by atoms with Crippen molar-refractivity contribution in [1.29, 1.82) is 0 Å². The summed E-state index contributed by atoms with van der Waals surface area (Å²) in [4.78, 5) is 10.8. The molecule has 0 rings (SSSR count). The molecule has 0 spiro atoms. The van der Waals surface area contributed by atoms with Crippen LogP contribution in [0, 0.1) is 0 Å². The van der Waals surface area contributed by atoms with Gasteiger partial charge >= 0.3 is 5.97 Å². The molecule has 0 heterocycles. The van der Waals surface area contributed by atoms with E-state index in [0.29, 0.717) is 6.61 Å². The second kappa shape index (κ2) is 6.14. The average molecular weight is 194 g/mol. The van der Waals surface area contributed by atoms with Crippen molar-refractivity contribution < 1.29 is 18.3 Å². The fourth-order valence-corrected chi connectivity index (χ4v) is 0.859. The van der Waals surface area contributed by atoms with Crippen molar-refractivity contribution in [2.24, 2.45) is 0 Å². The van der Waals surface area contributed by atoms with Crippen molar-refractivity contribution in [2.75, 3.05) is 6.61 Å². The first kappa shape index (κ1) is 11.6. The summed E-state index contributed by atoms with van der Waals surface area (Å²) >= 11 is -1.94. The third-order valence-corrected chi connectivity index (χ3v) is 2.12. The van der Waals surface area contributed by atoms with Gasteiger partial charge < -0.3 is 9.29 Å². The summed E-state index contributed by atoms with van der Waals surface area (Å²) in [6, 6.07) is 0. The lowest BCUT2D eigenvalue weighted by Crippen LogP contribution is -2.17. The van der Waals surface area contributed by atoms with Crippen LogP contribution in [0.4, 0.5) is 0 Å². The SMILES string of the molecule is CCCOC(=O)CC(C)S(=O)O. The molecule has 0 aromatic rings. The van der Waals surface area contributed by atoms with Crippen LogP contribution >= 0.6 is 0 Å². The Labute approximate surface area is 74.6 Å². The molecule has 1 N–H and O–H groups in total. The van der Waals surface area contributed by atoms with E-state index in [2.05, 4.69) is 0 Å². The molecule has 5 heteroatoms. The van der Waals surface area contributed by atoms with Crippen molar-refractivity contribution >= 4 is 17.0 Å². The largest absolute Gasteiger partial charge is 0.466 e. The van der Waals surface area contributed by atoms with Crippen LogP contribution in [0.2, 0.25) is 0 Å². The molecule has 2 atom stereocenters. The van der Waals surface area contributed by atoms with E-state index in [-0.39, 0.29) is 6.42 Å². The number of ether oxygens (including phenoxy) is 1.